The molecule has 0 amide bonds. The molecule has 0 radical (unpaired) electrons. The van der Waals surface area contributed by atoms with E-state index in [0.717, 1.165) is 32.9 Å². The summed E-state index contributed by atoms with van der Waals surface area (Å²) in [7, 11) is 0. The van der Waals surface area contributed by atoms with Gasteiger partial charge in [-0.05, 0) is 23.6 Å². The highest BCUT2D eigenvalue weighted by Crippen LogP contribution is 2.40. The van der Waals surface area contributed by atoms with Gasteiger partial charge in [0.25, 0.3) is 0 Å². The molecule has 0 bridgehead atoms. The van der Waals surface area contributed by atoms with E-state index in [9.17, 15) is 15.2 Å². The molecular weight excluding hydrogens is 398 g/mol. The number of aromatic amines is 2. The molecule has 0 fully saturated rings. The first-order chi connectivity index (χ1) is 15.7. The van der Waals surface area contributed by atoms with Crippen LogP contribution in [0.2, 0.25) is 0 Å². The lowest BCUT2D eigenvalue weighted by Gasteiger charge is -2.06. The highest BCUT2D eigenvalue weighted by Gasteiger charge is 2.25. The van der Waals surface area contributed by atoms with Gasteiger partial charge in [-0.1, -0.05) is 66.7 Å². The molecule has 6 rings (SSSR count). The van der Waals surface area contributed by atoms with E-state index < -0.39 is 5.97 Å². The number of nitrogens with zero attached hydrogens (tertiary/aromatic N) is 1. The average molecular weight is 415 g/mol. The van der Waals surface area contributed by atoms with Gasteiger partial charge in [0, 0.05) is 27.1 Å². The van der Waals surface area contributed by atoms with Crippen molar-refractivity contribution in [3.05, 3.63) is 95.1 Å². The van der Waals surface area contributed by atoms with Gasteiger partial charge >= 0.3 is 5.97 Å². The lowest BCUT2D eigenvalue weighted by Crippen LogP contribution is -2.02. The van der Waals surface area contributed by atoms with Gasteiger partial charge in [-0.2, -0.15) is 5.26 Å². The molecule has 0 aliphatic rings. The predicted octanol–water partition coefficient (Wildman–Crippen LogP) is 6.12. The van der Waals surface area contributed by atoms with Gasteiger partial charge in [-0.3, -0.25) is 0 Å². The number of carboxylic acids is 1. The Morgan fingerprint density at radius 2 is 1.53 bits per heavy atom. The van der Waals surface area contributed by atoms with Crippen molar-refractivity contribution in [2.45, 2.75) is 6.42 Å². The number of rotatable bonds is 3. The molecule has 2 heterocycles. The Morgan fingerprint density at radius 3 is 2.31 bits per heavy atom. The Labute approximate surface area is 182 Å². The van der Waals surface area contributed by atoms with E-state index in [1.54, 1.807) is 0 Å². The Bertz CT molecular complexity index is 1730. The fraction of sp³-hybridized carbons (Fsp3) is 0.0370. The number of benzene rings is 4. The van der Waals surface area contributed by atoms with Crippen molar-refractivity contribution in [2.75, 3.05) is 0 Å². The maximum Gasteiger partial charge on any atom is 0.337 e. The molecule has 0 spiro atoms. The van der Waals surface area contributed by atoms with Crippen molar-refractivity contribution in [1.29, 1.82) is 5.26 Å². The lowest BCUT2D eigenvalue weighted by atomic mass is 9.95. The molecular formula is C27H17N3O2. The number of nitrogens with one attached hydrogen (secondary N) is 2. The van der Waals surface area contributed by atoms with Crippen LogP contribution in [-0.4, -0.2) is 21.0 Å². The Morgan fingerprint density at radius 1 is 0.812 bits per heavy atom. The first-order valence-electron chi connectivity index (χ1n) is 10.3. The zero-order valence-corrected chi connectivity index (χ0v) is 16.9. The van der Waals surface area contributed by atoms with Gasteiger partial charge in [-0.25, -0.2) is 4.79 Å². The third-order valence-corrected chi connectivity index (χ3v) is 6.19. The van der Waals surface area contributed by atoms with Gasteiger partial charge < -0.3 is 15.1 Å². The predicted molar refractivity (Wildman–Crippen MR) is 126 cm³/mol. The molecule has 0 saturated heterocycles. The molecule has 0 aliphatic carbocycles. The SMILES string of the molecule is N#Cc1c(C(=O)O)c2c3cccc(Cc4ccccc4)c3[nH]c2c2[nH]c3ccccc3c12. The molecule has 0 atom stereocenters. The van der Waals surface area contributed by atoms with Crippen molar-refractivity contribution in [3.8, 4) is 6.07 Å². The molecule has 2 aromatic heterocycles. The number of carboxylic acid groups (broad SMARTS) is 1. The van der Waals surface area contributed by atoms with Gasteiger partial charge in [-0.15, -0.1) is 0 Å². The first-order valence-corrected chi connectivity index (χ1v) is 10.3. The van der Waals surface area contributed by atoms with E-state index in [1.165, 1.54) is 5.56 Å². The molecule has 0 saturated carbocycles. The van der Waals surface area contributed by atoms with Crippen molar-refractivity contribution in [3.63, 3.8) is 0 Å². The van der Waals surface area contributed by atoms with E-state index in [4.69, 9.17) is 0 Å². The van der Waals surface area contributed by atoms with E-state index in [2.05, 4.69) is 34.2 Å². The second kappa shape index (κ2) is 6.73. The van der Waals surface area contributed by atoms with Crippen molar-refractivity contribution >= 4 is 49.6 Å². The Kier molecular flexibility index (Phi) is 3.83. The Balaban J connectivity index is 1.80. The van der Waals surface area contributed by atoms with Crippen molar-refractivity contribution in [1.82, 2.24) is 9.97 Å². The summed E-state index contributed by atoms with van der Waals surface area (Å²) in [6.45, 7) is 0. The van der Waals surface area contributed by atoms with Crippen LogP contribution >= 0.6 is 0 Å². The maximum absolute atomic E-state index is 12.4. The smallest absolute Gasteiger partial charge is 0.337 e. The second-order valence-corrected chi connectivity index (χ2v) is 7.96. The number of hydrogen-bond donors (Lipinski definition) is 3. The fourth-order valence-electron chi connectivity index (χ4n) is 4.85. The van der Waals surface area contributed by atoms with Gasteiger partial charge in [0.05, 0.1) is 27.7 Å². The van der Waals surface area contributed by atoms with Crippen LogP contribution in [0.1, 0.15) is 27.0 Å². The van der Waals surface area contributed by atoms with Crippen LogP contribution in [0.25, 0.3) is 43.6 Å². The van der Waals surface area contributed by atoms with Gasteiger partial charge in [0.1, 0.15) is 6.07 Å². The zero-order chi connectivity index (χ0) is 21.8. The quantitative estimate of drug-likeness (QED) is 0.325. The summed E-state index contributed by atoms with van der Waals surface area (Å²) in [4.78, 5) is 19.4. The van der Waals surface area contributed by atoms with Crippen LogP contribution in [0.5, 0.6) is 0 Å². The summed E-state index contributed by atoms with van der Waals surface area (Å²) in [5.41, 5.74) is 5.70. The highest BCUT2D eigenvalue weighted by molar-refractivity contribution is 6.29. The second-order valence-electron chi connectivity index (χ2n) is 7.96. The Hall–Kier alpha value is -4.56. The van der Waals surface area contributed by atoms with Gasteiger partial charge in [0.2, 0.25) is 0 Å². The minimum absolute atomic E-state index is 0.0443. The minimum Gasteiger partial charge on any atom is -0.478 e. The summed E-state index contributed by atoms with van der Waals surface area (Å²) in [6.07, 6.45) is 0.717. The molecule has 6 aromatic rings. The topological polar surface area (TPSA) is 92.7 Å². The number of nitriles is 1. The number of para-hydroxylation sites is 2. The fourth-order valence-corrected chi connectivity index (χ4v) is 4.85. The molecule has 3 N–H and O–H groups in total. The minimum atomic E-state index is -1.10. The molecule has 5 heteroatoms. The number of hydrogen-bond acceptors (Lipinski definition) is 2. The van der Waals surface area contributed by atoms with Crippen LogP contribution in [0.15, 0.2) is 72.8 Å². The average Bonchev–Trinajstić information content (AvgIpc) is 3.38. The van der Waals surface area contributed by atoms with Crippen LogP contribution < -0.4 is 0 Å². The van der Waals surface area contributed by atoms with Gasteiger partial charge in [0.15, 0.2) is 0 Å². The number of aromatic nitrogens is 2. The third-order valence-electron chi connectivity index (χ3n) is 6.19. The molecule has 4 aromatic carbocycles. The molecule has 0 aliphatic heterocycles. The number of aromatic carboxylic acids is 1. The summed E-state index contributed by atoms with van der Waals surface area (Å²) in [5.74, 6) is -1.10. The van der Waals surface area contributed by atoms with E-state index in [1.807, 2.05) is 54.6 Å². The molecule has 32 heavy (non-hydrogen) atoms. The standard InChI is InChI=1S/C27H17N3O2/c28-14-19-21-17-10-4-5-12-20(17)29-25(21)26-22(23(19)27(31)32)18-11-6-9-16(24(18)30-26)13-15-7-2-1-3-8-15/h1-12,29-30H,13H2,(H,31,32). The molecule has 152 valence electrons. The highest BCUT2D eigenvalue weighted by atomic mass is 16.4. The van der Waals surface area contributed by atoms with Crippen molar-refractivity contribution in [2.24, 2.45) is 0 Å². The summed E-state index contributed by atoms with van der Waals surface area (Å²) in [6, 6.07) is 25.9. The summed E-state index contributed by atoms with van der Waals surface area (Å²) in [5, 5.41) is 23.1. The van der Waals surface area contributed by atoms with E-state index in [-0.39, 0.29) is 11.1 Å². The van der Waals surface area contributed by atoms with Crippen LogP contribution in [0.4, 0.5) is 0 Å². The molecule has 0 unspecified atom stereocenters. The normalized spacial score (nSPS) is 11.5. The summed E-state index contributed by atoms with van der Waals surface area (Å²) < 4.78 is 0. The number of carbonyl (C=O) groups is 1. The van der Waals surface area contributed by atoms with Crippen LogP contribution in [0, 0.1) is 11.3 Å². The van der Waals surface area contributed by atoms with Crippen LogP contribution in [-0.2, 0) is 6.42 Å². The van der Waals surface area contributed by atoms with Crippen LogP contribution in [0.3, 0.4) is 0 Å². The first kappa shape index (κ1) is 18.2. The maximum atomic E-state index is 12.4. The zero-order valence-electron chi connectivity index (χ0n) is 16.9. The molecule has 5 nitrogen and oxygen atoms in total. The number of H-pyrrole nitrogens is 2. The van der Waals surface area contributed by atoms with Crippen molar-refractivity contribution < 1.29 is 9.90 Å². The number of fused-ring (bicyclic) bond motifs is 7. The van der Waals surface area contributed by atoms with E-state index >= 15 is 0 Å². The lowest BCUT2D eigenvalue weighted by molar-refractivity contribution is 0.0699. The third kappa shape index (κ3) is 2.47. The summed E-state index contributed by atoms with van der Waals surface area (Å²) >= 11 is 0. The largest absolute Gasteiger partial charge is 0.478 e. The monoisotopic (exact) mass is 415 g/mol. The van der Waals surface area contributed by atoms with E-state index in [0.29, 0.717) is 22.7 Å².